The van der Waals surface area contributed by atoms with Crippen molar-refractivity contribution in [1.29, 1.82) is 0 Å². The third-order valence-electron chi connectivity index (χ3n) is 3.89. The quantitative estimate of drug-likeness (QED) is 0.661. The summed E-state index contributed by atoms with van der Waals surface area (Å²) in [6.07, 6.45) is -0.682. The summed E-state index contributed by atoms with van der Waals surface area (Å²) in [6, 6.07) is 18.0. The molecule has 6 heteroatoms. The van der Waals surface area contributed by atoms with Crippen LogP contribution in [0.5, 0.6) is 5.75 Å². The number of amides is 2. The van der Waals surface area contributed by atoms with Crippen molar-refractivity contribution in [3.8, 4) is 5.75 Å². The van der Waals surface area contributed by atoms with E-state index in [-0.39, 0.29) is 5.91 Å². The van der Waals surface area contributed by atoms with E-state index in [1.54, 1.807) is 31.2 Å². The SMILES string of the molecule is C[C@H](Oc1ccc2cc(Br)ccc2c1)C(=O)Nc1ccc(C(N)=O)cc1. The molecule has 132 valence electrons. The van der Waals surface area contributed by atoms with Crippen LogP contribution in [0.2, 0.25) is 0 Å². The monoisotopic (exact) mass is 412 g/mol. The molecule has 3 aromatic rings. The molecule has 0 aliphatic carbocycles. The molecule has 3 N–H and O–H groups in total. The Morgan fingerprint density at radius 2 is 1.65 bits per heavy atom. The van der Waals surface area contributed by atoms with Gasteiger partial charge >= 0.3 is 0 Å². The highest BCUT2D eigenvalue weighted by molar-refractivity contribution is 9.10. The second-order valence-electron chi connectivity index (χ2n) is 5.84. The molecule has 0 saturated heterocycles. The lowest BCUT2D eigenvalue weighted by atomic mass is 10.1. The molecular weight excluding hydrogens is 396 g/mol. The van der Waals surface area contributed by atoms with Gasteiger partial charge in [-0.15, -0.1) is 0 Å². The Bertz CT molecular complexity index is 970. The van der Waals surface area contributed by atoms with Gasteiger partial charge in [-0.1, -0.05) is 28.1 Å². The fourth-order valence-corrected chi connectivity index (χ4v) is 2.87. The molecule has 0 spiro atoms. The van der Waals surface area contributed by atoms with Crippen molar-refractivity contribution in [1.82, 2.24) is 0 Å². The number of benzene rings is 3. The number of carbonyl (C=O) groups excluding carboxylic acids is 2. The standard InChI is InChI=1S/C20H17BrN2O3/c1-12(20(25)23-17-7-3-13(4-8-17)19(22)24)26-18-9-5-14-10-16(21)6-2-15(14)11-18/h2-12H,1H3,(H2,22,24)(H,23,25)/t12-/m0/s1. The highest BCUT2D eigenvalue weighted by Gasteiger charge is 2.15. The Morgan fingerprint density at radius 1 is 1.00 bits per heavy atom. The first-order valence-corrected chi connectivity index (χ1v) is 8.78. The number of ether oxygens (including phenoxy) is 1. The van der Waals surface area contributed by atoms with Crippen LogP contribution in [0.4, 0.5) is 5.69 Å². The molecule has 0 heterocycles. The fraction of sp³-hybridized carbons (Fsp3) is 0.100. The van der Waals surface area contributed by atoms with Crippen LogP contribution in [-0.4, -0.2) is 17.9 Å². The molecule has 0 bridgehead atoms. The number of hydrogen-bond acceptors (Lipinski definition) is 3. The van der Waals surface area contributed by atoms with Crippen LogP contribution in [0.25, 0.3) is 10.8 Å². The number of nitrogens with one attached hydrogen (secondary N) is 1. The lowest BCUT2D eigenvalue weighted by Crippen LogP contribution is -2.30. The Kier molecular flexibility index (Phi) is 5.23. The minimum atomic E-state index is -0.682. The number of hydrogen-bond donors (Lipinski definition) is 2. The van der Waals surface area contributed by atoms with Crippen LogP contribution < -0.4 is 15.8 Å². The molecule has 0 radical (unpaired) electrons. The first-order valence-electron chi connectivity index (χ1n) is 7.99. The van der Waals surface area contributed by atoms with Crippen LogP contribution in [-0.2, 0) is 4.79 Å². The molecule has 0 unspecified atom stereocenters. The molecule has 0 aliphatic rings. The van der Waals surface area contributed by atoms with Crippen molar-refractivity contribution >= 4 is 44.2 Å². The predicted molar refractivity (Wildman–Crippen MR) is 105 cm³/mol. The van der Waals surface area contributed by atoms with Gasteiger partial charge in [-0.05, 0) is 66.2 Å². The second kappa shape index (κ2) is 7.58. The minimum Gasteiger partial charge on any atom is -0.481 e. The topological polar surface area (TPSA) is 81.4 Å². The van der Waals surface area contributed by atoms with E-state index in [0.29, 0.717) is 17.0 Å². The van der Waals surface area contributed by atoms with Crippen molar-refractivity contribution in [2.24, 2.45) is 5.73 Å². The Labute approximate surface area is 159 Å². The fourth-order valence-electron chi connectivity index (χ4n) is 2.49. The van der Waals surface area contributed by atoms with Gasteiger partial charge in [-0.2, -0.15) is 0 Å². The maximum Gasteiger partial charge on any atom is 0.265 e. The van der Waals surface area contributed by atoms with E-state index in [0.717, 1.165) is 15.2 Å². The van der Waals surface area contributed by atoms with Crippen LogP contribution >= 0.6 is 15.9 Å². The third-order valence-corrected chi connectivity index (χ3v) is 4.39. The van der Waals surface area contributed by atoms with Gasteiger partial charge in [-0.3, -0.25) is 9.59 Å². The van der Waals surface area contributed by atoms with Crippen LogP contribution in [0, 0.1) is 0 Å². The number of rotatable bonds is 5. The number of halogens is 1. The summed E-state index contributed by atoms with van der Waals surface area (Å²) in [4.78, 5) is 23.4. The molecule has 5 nitrogen and oxygen atoms in total. The first kappa shape index (κ1) is 17.9. The summed E-state index contributed by atoms with van der Waals surface area (Å²) < 4.78 is 6.76. The molecular formula is C20H17BrN2O3. The van der Waals surface area contributed by atoms with Crippen molar-refractivity contribution in [2.45, 2.75) is 13.0 Å². The summed E-state index contributed by atoms with van der Waals surface area (Å²) in [7, 11) is 0. The van der Waals surface area contributed by atoms with E-state index < -0.39 is 12.0 Å². The van der Waals surface area contributed by atoms with Gasteiger partial charge in [-0.25, -0.2) is 0 Å². The first-order chi connectivity index (χ1) is 12.4. The number of anilines is 1. The van der Waals surface area contributed by atoms with Gasteiger partial charge in [0.1, 0.15) is 5.75 Å². The molecule has 0 fully saturated rings. The predicted octanol–water partition coefficient (Wildman–Crippen LogP) is 4.11. The summed E-state index contributed by atoms with van der Waals surface area (Å²) in [5, 5.41) is 4.86. The van der Waals surface area contributed by atoms with Crippen molar-refractivity contribution in [3.63, 3.8) is 0 Å². The van der Waals surface area contributed by atoms with E-state index in [9.17, 15) is 9.59 Å². The van der Waals surface area contributed by atoms with E-state index in [2.05, 4.69) is 21.2 Å². The summed E-state index contributed by atoms with van der Waals surface area (Å²) in [5.74, 6) is -0.179. The highest BCUT2D eigenvalue weighted by Crippen LogP contribution is 2.25. The molecule has 0 aliphatic heterocycles. The summed E-state index contributed by atoms with van der Waals surface area (Å²) >= 11 is 3.44. The van der Waals surface area contributed by atoms with Crippen LogP contribution in [0.15, 0.2) is 65.1 Å². The number of fused-ring (bicyclic) bond motifs is 1. The van der Waals surface area contributed by atoms with Crippen LogP contribution in [0.1, 0.15) is 17.3 Å². The molecule has 3 aromatic carbocycles. The van der Waals surface area contributed by atoms with E-state index in [1.807, 2.05) is 36.4 Å². The summed E-state index contributed by atoms with van der Waals surface area (Å²) in [5.41, 5.74) is 6.15. The maximum atomic E-state index is 12.3. The number of carbonyl (C=O) groups is 2. The number of primary amides is 1. The third kappa shape index (κ3) is 4.21. The van der Waals surface area contributed by atoms with Gasteiger partial charge < -0.3 is 15.8 Å². The van der Waals surface area contributed by atoms with E-state index >= 15 is 0 Å². The molecule has 0 saturated carbocycles. The summed E-state index contributed by atoms with van der Waals surface area (Å²) in [6.45, 7) is 1.68. The number of nitrogens with two attached hydrogens (primary N) is 1. The Balaban J connectivity index is 1.67. The van der Waals surface area contributed by atoms with Gasteiger partial charge in [0.2, 0.25) is 5.91 Å². The zero-order valence-electron chi connectivity index (χ0n) is 14.0. The second-order valence-corrected chi connectivity index (χ2v) is 6.76. The molecule has 1 atom stereocenters. The Morgan fingerprint density at radius 3 is 2.35 bits per heavy atom. The average Bonchev–Trinajstić information content (AvgIpc) is 2.62. The van der Waals surface area contributed by atoms with Gasteiger partial charge in [0.15, 0.2) is 6.10 Å². The van der Waals surface area contributed by atoms with Crippen molar-refractivity contribution in [2.75, 3.05) is 5.32 Å². The maximum absolute atomic E-state index is 12.3. The Hall–Kier alpha value is -2.86. The lowest BCUT2D eigenvalue weighted by molar-refractivity contribution is -0.122. The molecule has 26 heavy (non-hydrogen) atoms. The molecule has 3 rings (SSSR count). The zero-order chi connectivity index (χ0) is 18.7. The zero-order valence-corrected chi connectivity index (χ0v) is 15.6. The van der Waals surface area contributed by atoms with E-state index in [1.165, 1.54) is 0 Å². The molecule has 2 amide bonds. The highest BCUT2D eigenvalue weighted by atomic mass is 79.9. The van der Waals surface area contributed by atoms with Gasteiger partial charge in [0.05, 0.1) is 0 Å². The van der Waals surface area contributed by atoms with Crippen molar-refractivity contribution in [3.05, 3.63) is 70.7 Å². The normalized spacial score (nSPS) is 11.8. The average molecular weight is 413 g/mol. The van der Waals surface area contributed by atoms with E-state index in [4.69, 9.17) is 10.5 Å². The largest absolute Gasteiger partial charge is 0.481 e. The smallest absolute Gasteiger partial charge is 0.265 e. The minimum absolute atomic E-state index is 0.285. The van der Waals surface area contributed by atoms with Gasteiger partial charge in [0.25, 0.3) is 5.91 Å². The van der Waals surface area contributed by atoms with Crippen molar-refractivity contribution < 1.29 is 14.3 Å². The van der Waals surface area contributed by atoms with Gasteiger partial charge in [0, 0.05) is 15.7 Å². The molecule has 0 aromatic heterocycles. The lowest BCUT2D eigenvalue weighted by Gasteiger charge is -2.15. The van der Waals surface area contributed by atoms with Crippen LogP contribution in [0.3, 0.4) is 0 Å².